The van der Waals surface area contributed by atoms with Crippen LogP contribution in [0.1, 0.15) is 31.1 Å². The molecule has 0 aliphatic heterocycles. The lowest BCUT2D eigenvalue weighted by molar-refractivity contribution is 0.482. The number of nitrogens with one attached hydrogen (secondary N) is 1. The smallest absolute Gasteiger partial charge is 0.132 e. The molecule has 1 atom stereocenters. The highest BCUT2D eigenvalue weighted by molar-refractivity contribution is 9.10. The van der Waals surface area contributed by atoms with Crippen molar-refractivity contribution in [1.82, 2.24) is 15.1 Å². The molecule has 0 aliphatic carbocycles. The lowest BCUT2D eigenvalue weighted by Crippen LogP contribution is -2.27. The molecule has 1 unspecified atom stereocenters. The number of hydrogen-bond donors (Lipinski definition) is 1. The fourth-order valence-corrected chi connectivity index (χ4v) is 3.21. The minimum Gasteiger partial charge on any atom is -0.305 e. The molecule has 2 aromatic rings. The number of aryl methyl sites for hydroxylation is 1. The maximum absolute atomic E-state index is 14.3. The van der Waals surface area contributed by atoms with Crippen LogP contribution in [0.4, 0.5) is 8.78 Å². The number of nitrogens with zero attached hydrogens (tertiary/aromatic N) is 2. The molecule has 1 N–H and O–H groups in total. The third-order valence-electron chi connectivity index (χ3n) is 3.15. The Balaban J connectivity index is 2.62. The summed E-state index contributed by atoms with van der Waals surface area (Å²) in [6, 6.07) is 1.92. The van der Waals surface area contributed by atoms with E-state index in [9.17, 15) is 8.78 Å². The topological polar surface area (TPSA) is 29.9 Å². The lowest BCUT2D eigenvalue weighted by atomic mass is 10.0. The molecule has 0 bridgehead atoms. The predicted octanol–water partition coefficient (Wildman–Crippen LogP) is 4.41. The van der Waals surface area contributed by atoms with Crippen LogP contribution in [0.2, 0.25) is 0 Å². The van der Waals surface area contributed by atoms with Crippen LogP contribution in [0.3, 0.4) is 0 Å². The summed E-state index contributed by atoms with van der Waals surface area (Å²) in [6.45, 7) is 5.01. The maximum Gasteiger partial charge on any atom is 0.132 e. The van der Waals surface area contributed by atoms with Gasteiger partial charge in [-0.15, -0.1) is 0 Å². The predicted molar refractivity (Wildman–Crippen MR) is 85.2 cm³/mol. The molecule has 0 fully saturated rings. The molecule has 2 rings (SSSR count). The second-order valence-electron chi connectivity index (χ2n) is 4.47. The van der Waals surface area contributed by atoms with E-state index in [-0.39, 0.29) is 5.56 Å². The summed E-state index contributed by atoms with van der Waals surface area (Å²) in [6.07, 6.45) is 1.64. The van der Waals surface area contributed by atoms with E-state index in [1.807, 2.05) is 13.8 Å². The summed E-state index contributed by atoms with van der Waals surface area (Å²) in [7, 11) is 0. The number of halogens is 4. The van der Waals surface area contributed by atoms with Gasteiger partial charge in [-0.1, -0.05) is 22.9 Å². The van der Waals surface area contributed by atoms with Crippen molar-refractivity contribution in [2.75, 3.05) is 6.54 Å². The second-order valence-corrected chi connectivity index (χ2v) is 6.24. The Hall–Kier alpha value is -0.790. The molecule has 7 heteroatoms. The minimum absolute atomic E-state index is 0.00375. The van der Waals surface area contributed by atoms with Crippen molar-refractivity contribution in [2.45, 2.75) is 26.4 Å². The van der Waals surface area contributed by atoms with E-state index >= 15 is 0 Å². The first-order valence-corrected chi connectivity index (χ1v) is 8.17. The van der Waals surface area contributed by atoms with E-state index in [2.05, 4.69) is 42.3 Å². The van der Waals surface area contributed by atoms with Gasteiger partial charge < -0.3 is 5.32 Å². The van der Waals surface area contributed by atoms with Crippen LogP contribution in [0, 0.1) is 11.6 Å². The van der Waals surface area contributed by atoms with Crippen LogP contribution >= 0.6 is 31.9 Å². The minimum atomic E-state index is -0.611. The van der Waals surface area contributed by atoms with Crippen molar-refractivity contribution in [3.63, 3.8) is 0 Å². The molecule has 0 amide bonds. The van der Waals surface area contributed by atoms with E-state index < -0.39 is 17.7 Å². The van der Waals surface area contributed by atoms with E-state index in [4.69, 9.17) is 0 Å². The Bertz CT molecular complexity index is 620. The van der Waals surface area contributed by atoms with Gasteiger partial charge in [0.25, 0.3) is 0 Å². The van der Waals surface area contributed by atoms with Crippen LogP contribution in [0.25, 0.3) is 0 Å². The Morgan fingerprint density at radius 2 is 1.86 bits per heavy atom. The standard InChI is InChI=1S/C14H15Br2F2N3/c1-3-19-13(14-9(16)7-20-21(14)4-2)12-10(17)5-8(15)6-11(12)18/h5-7,13,19H,3-4H2,1-2H3. The van der Waals surface area contributed by atoms with E-state index in [1.165, 1.54) is 12.1 Å². The number of benzene rings is 1. The molecule has 0 radical (unpaired) electrons. The zero-order chi connectivity index (χ0) is 15.6. The molecular weight excluding hydrogens is 408 g/mol. The SMILES string of the molecule is CCNC(c1c(F)cc(Br)cc1F)c1c(Br)cnn1CC. The lowest BCUT2D eigenvalue weighted by Gasteiger charge is -2.21. The number of aromatic nitrogens is 2. The molecule has 1 aromatic carbocycles. The van der Waals surface area contributed by atoms with Gasteiger partial charge in [-0.2, -0.15) is 5.10 Å². The van der Waals surface area contributed by atoms with Crippen molar-refractivity contribution >= 4 is 31.9 Å². The average Bonchev–Trinajstić information content (AvgIpc) is 2.77. The molecule has 1 heterocycles. The van der Waals surface area contributed by atoms with Crippen LogP contribution in [0.5, 0.6) is 0 Å². The zero-order valence-corrected chi connectivity index (χ0v) is 14.8. The van der Waals surface area contributed by atoms with Gasteiger partial charge in [-0.05, 0) is 41.5 Å². The van der Waals surface area contributed by atoms with Gasteiger partial charge in [0.2, 0.25) is 0 Å². The summed E-state index contributed by atoms with van der Waals surface area (Å²) >= 11 is 6.51. The number of rotatable bonds is 5. The van der Waals surface area contributed by atoms with Crippen LogP contribution in [0.15, 0.2) is 27.3 Å². The van der Waals surface area contributed by atoms with Gasteiger partial charge in [0.1, 0.15) is 11.6 Å². The van der Waals surface area contributed by atoms with Crippen LogP contribution in [-0.2, 0) is 6.54 Å². The summed E-state index contributed by atoms with van der Waals surface area (Å²) in [5.74, 6) is -1.19. The molecule has 0 saturated carbocycles. The van der Waals surface area contributed by atoms with Crippen molar-refractivity contribution < 1.29 is 8.78 Å². The van der Waals surface area contributed by atoms with Gasteiger partial charge in [0.15, 0.2) is 0 Å². The molecule has 0 spiro atoms. The van der Waals surface area contributed by atoms with Gasteiger partial charge >= 0.3 is 0 Å². The quantitative estimate of drug-likeness (QED) is 0.773. The van der Waals surface area contributed by atoms with Gasteiger partial charge in [0, 0.05) is 16.6 Å². The first kappa shape index (κ1) is 16.6. The average molecular weight is 423 g/mol. The number of hydrogen-bond acceptors (Lipinski definition) is 2. The van der Waals surface area contributed by atoms with Crippen molar-refractivity contribution in [2.24, 2.45) is 0 Å². The molecule has 0 aliphatic rings. The Morgan fingerprint density at radius 3 is 2.38 bits per heavy atom. The van der Waals surface area contributed by atoms with Gasteiger partial charge in [0.05, 0.1) is 22.4 Å². The van der Waals surface area contributed by atoms with Crippen LogP contribution < -0.4 is 5.32 Å². The second kappa shape index (κ2) is 6.98. The molecular formula is C14H15Br2F2N3. The van der Waals surface area contributed by atoms with E-state index in [0.29, 0.717) is 23.3 Å². The maximum atomic E-state index is 14.3. The molecule has 1 aromatic heterocycles. The highest BCUT2D eigenvalue weighted by atomic mass is 79.9. The fourth-order valence-electron chi connectivity index (χ4n) is 2.28. The molecule has 114 valence electrons. The fraction of sp³-hybridized carbons (Fsp3) is 0.357. The first-order chi connectivity index (χ1) is 9.99. The monoisotopic (exact) mass is 421 g/mol. The Kier molecular flexibility index (Phi) is 5.51. The highest BCUT2D eigenvalue weighted by Gasteiger charge is 2.26. The largest absolute Gasteiger partial charge is 0.305 e. The summed E-state index contributed by atoms with van der Waals surface area (Å²) in [4.78, 5) is 0. The third-order valence-corrected chi connectivity index (χ3v) is 4.22. The summed E-state index contributed by atoms with van der Waals surface area (Å²) in [5, 5.41) is 7.35. The Labute approximate surface area is 139 Å². The zero-order valence-electron chi connectivity index (χ0n) is 11.6. The van der Waals surface area contributed by atoms with Gasteiger partial charge in [-0.25, -0.2) is 8.78 Å². The molecule has 3 nitrogen and oxygen atoms in total. The highest BCUT2D eigenvalue weighted by Crippen LogP contribution is 2.33. The third kappa shape index (κ3) is 3.35. The van der Waals surface area contributed by atoms with Gasteiger partial charge in [-0.3, -0.25) is 4.68 Å². The van der Waals surface area contributed by atoms with Crippen molar-refractivity contribution in [1.29, 1.82) is 0 Å². The summed E-state index contributed by atoms with van der Waals surface area (Å²) < 4.78 is 31.4. The first-order valence-electron chi connectivity index (χ1n) is 6.58. The van der Waals surface area contributed by atoms with Crippen molar-refractivity contribution in [3.05, 3.63) is 50.2 Å². The van der Waals surface area contributed by atoms with E-state index in [0.717, 1.165) is 4.47 Å². The van der Waals surface area contributed by atoms with E-state index in [1.54, 1.807) is 10.9 Å². The Morgan fingerprint density at radius 1 is 1.24 bits per heavy atom. The molecule has 0 saturated heterocycles. The normalized spacial score (nSPS) is 12.7. The van der Waals surface area contributed by atoms with Crippen LogP contribution in [-0.4, -0.2) is 16.3 Å². The summed E-state index contributed by atoms with van der Waals surface area (Å²) in [5.41, 5.74) is 0.704. The van der Waals surface area contributed by atoms with Crippen molar-refractivity contribution in [3.8, 4) is 0 Å². The molecule has 21 heavy (non-hydrogen) atoms.